The van der Waals surface area contributed by atoms with Gasteiger partial charge in [-0.1, -0.05) is 273 Å². The zero-order valence-electron chi connectivity index (χ0n) is 49.6. The van der Waals surface area contributed by atoms with E-state index < -0.39 is 6.10 Å². The second-order valence-corrected chi connectivity index (χ2v) is 21.3. The average molecular weight is 1050 g/mol. The van der Waals surface area contributed by atoms with Crippen LogP contribution in [0.25, 0.3) is 0 Å². The second-order valence-electron chi connectivity index (χ2n) is 21.3. The summed E-state index contributed by atoms with van der Waals surface area (Å²) in [6.45, 7) is 6.44. The Morgan fingerprint density at radius 3 is 0.880 bits per heavy atom. The van der Waals surface area contributed by atoms with E-state index in [9.17, 15) is 14.4 Å². The van der Waals surface area contributed by atoms with Gasteiger partial charge in [-0.3, -0.25) is 14.4 Å². The molecule has 1 unspecified atom stereocenters. The summed E-state index contributed by atoms with van der Waals surface area (Å²) >= 11 is 0. The average Bonchev–Trinajstić information content (AvgIpc) is 3.41. The van der Waals surface area contributed by atoms with Crippen molar-refractivity contribution in [2.45, 2.75) is 322 Å². The molecule has 0 saturated heterocycles. The lowest BCUT2D eigenvalue weighted by molar-refractivity contribution is -0.167. The van der Waals surface area contributed by atoms with Crippen LogP contribution < -0.4 is 0 Å². The van der Waals surface area contributed by atoms with Crippen molar-refractivity contribution in [3.05, 3.63) is 85.1 Å². The van der Waals surface area contributed by atoms with E-state index >= 15 is 0 Å². The first-order valence-electron chi connectivity index (χ1n) is 32.1. The quantitative estimate of drug-likeness (QED) is 0.0261. The van der Waals surface area contributed by atoms with E-state index in [4.69, 9.17) is 14.2 Å². The van der Waals surface area contributed by atoms with Crippen LogP contribution in [0.15, 0.2) is 85.1 Å². The van der Waals surface area contributed by atoms with Gasteiger partial charge in [0.2, 0.25) is 0 Å². The predicted molar refractivity (Wildman–Crippen MR) is 325 cm³/mol. The second kappa shape index (κ2) is 63.1. The Labute approximate surface area is 465 Å². The fourth-order valence-electron chi connectivity index (χ4n) is 9.06. The third-order valence-corrected chi connectivity index (χ3v) is 13.8. The largest absolute Gasteiger partial charge is 0.462 e. The summed E-state index contributed by atoms with van der Waals surface area (Å²) in [5.41, 5.74) is 0. The highest BCUT2D eigenvalue weighted by Crippen LogP contribution is 2.17. The van der Waals surface area contributed by atoms with Gasteiger partial charge in [0.25, 0.3) is 0 Å². The van der Waals surface area contributed by atoms with Gasteiger partial charge in [0, 0.05) is 19.3 Å². The number of hydrogen-bond acceptors (Lipinski definition) is 6. The molecule has 0 aliphatic carbocycles. The Kier molecular flexibility index (Phi) is 60.3. The van der Waals surface area contributed by atoms with Gasteiger partial charge in [-0.2, -0.15) is 0 Å². The Morgan fingerprint density at radius 1 is 0.280 bits per heavy atom. The number of hydrogen-bond donors (Lipinski definition) is 0. The van der Waals surface area contributed by atoms with Crippen LogP contribution in [0.4, 0.5) is 0 Å². The molecule has 75 heavy (non-hydrogen) atoms. The van der Waals surface area contributed by atoms with Crippen molar-refractivity contribution in [3.8, 4) is 0 Å². The molecule has 0 aromatic rings. The summed E-state index contributed by atoms with van der Waals surface area (Å²) in [5.74, 6) is -0.927. The first-order valence-corrected chi connectivity index (χ1v) is 32.1. The van der Waals surface area contributed by atoms with Gasteiger partial charge in [-0.25, -0.2) is 0 Å². The molecule has 0 aliphatic heterocycles. The highest BCUT2D eigenvalue weighted by Gasteiger charge is 2.19. The number of allylic oxidation sites excluding steroid dienone is 14. The van der Waals surface area contributed by atoms with Crippen molar-refractivity contribution in [3.63, 3.8) is 0 Å². The molecular weight excluding hydrogens is 925 g/mol. The van der Waals surface area contributed by atoms with Crippen LogP contribution in [0.1, 0.15) is 316 Å². The summed E-state index contributed by atoms with van der Waals surface area (Å²) in [4.78, 5) is 38.2. The van der Waals surface area contributed by atoms with E-state index in [0.717, 1.165) is 122 Å². The molecule has 6 nitrogen and oxygen atoms in total. The van der Waals surface area contributed by atoms with Crippen LogP contribution in [-0.4, -0.2) is 37.2 Å². The lowest BCUT2D eigenvalue weighted by atomic mass is 10.0. The lowest BCUT2D eigenvalue weighted by Crippen LogP contribution is -2.30. The summed E-state index contributed by atoms with van der Waals surface area (Å²) < 4.78 is 16.8. The summed E-state index contributed by atoms with van der Waals surface area (Å²) in [7, 11) is 0. The molecule has 0 saturated carbocycles. The van der Waals surface area contributed by atoms with E-state index in [0.29, 0.717) is 19.3 Å². The van der Waals surface area contributed by atoms with E-state index in [2.05, 4.69) is 106 Å². The molecule has 0 heterocycles. The minimum absolute atomic E-state index is 0.0910. The maximum atomic E-state index is 12.8. The Hall–Kier alpha value is -3.41. The fraction of sp³-hybridized carbons (Fsp3) is 0.754. The fourth-order valence-corrected chi connectivity index (χ4v) is 9.06. The molecule has 0 amide bonds. The molecule has 0 rings (SSSR count). The number of carbonyl (C=O) groups excluding carboxylic acids is 3. The minimum Gasteiger partial charge on any atom is -0.462 e. The predicted octanol–water partition coefficient (Wildman–Crippen LogP) is 21.9. The molecule has 0 spiro atoms. The highest BCUT2D eigenvalue weighted by molar-refractivity contribution is 5.71. The van der Waals surface area contributed by atoms with Gasteiger partial charge in [-0.15, -0.1) is 0 Å². The minimum atomic E-state index is -0.797. The van der Waals surface area contributed by atoms with Crippen molar-refractivity contribution in [1.29, 1.82) is 0 Å². The summed E-state index contributed by atoms with van der Waals surface area (Å²) in [5, 5.41) is 0. The smallest absolute Gasteiger partial charge is 0.306 e. The standard InChI is InChI=1S/C69H120O6/c1-4-7-10-13-16-19-22-25-26-27-28-29-30-31-32-33-34-35-36-37-38-39-40-41-42-45-47-50-53-56-59-62-68(71)74-65-66(75-69(72)63-60-57-54-51-48-44-24-21-18-15-12-9-6-3)64-73-67(70)61-58-55-52-49-46-43-23-20-17-14-11-8-5-2/h9,11-12,14,18,20-23,25,27-28,44,48,66H,4-8,10,13,15-17,19,24,26,29-43,45-47,49-65H2,1-3H3/b12-9-,14-11-,21-18-,23-20-,25-22-,28-27-,48-44-. The molecule has 0 fully saturated rings. The summed E-state index contributed by atoms with van der Waals surface area (Å²) in [6, 6.07) is 0. The first kappa shape index (κ1) is 71.6. The number of unbranched alkanes of at least 4 members (excludes halogenated alkanes) is 33. The zero-order valence-corrected chi connectivity index (χ0v) is 49.6. The van der Waals surface area contributed by atoms with Crippen molar-refractivity contribution in [2.24, 2.45) is 0 Å². The van der Waals surface area contributed by atoms with Crippen molar-refractivity contribution in [2.75, 3.05) is 13.2 Å². The molecular formula is C69H120O6. The van der Waals surface area contributed by atoms with Gasteiger partial charge in [0.05, 0.1) is 0 Å². The molecule has 0 aromatic carbocycles. The molecule has 0 radical (unpaired) electrons. The van der Waals surface area contributed by atoms with Crippen LogP contribution in [0.3, 0.4) is 0 Å². The van der Waals surface area contributed by atoms with E-state index in [1.807, 2.05) is 0 Å². The van der Waals surface area contributed by atoms with Crippen molar-refractivity contribution < 1.29 is 28.6 Å². The Balaban J connectivity index is 4.14. The van der Waals surface area contributed by atoms with Crippen LogP contribution in [-0.2, 0) is 28.6 Å². The Bertz CT molecular complexity index is 1430. The van der Waals surface area contributed by atoms with Crippen molar-refractivity contribution in [1.82, 2.24) is 0 Å². The van der Waals surface area contributed by atoms with E-state index in [1.165, 1.54) is 154 Å². The molecule has 1 atom stereocenters. The van der Waals surface area contributed by atoms with Crippen LogP contribution >= 0.6 is 0 Å². The van der Waals surface area contributed by atoms with Crippen LogP contribution in [0.5, 0.6) is 0 Å². The van der Waals surface area contributed by atoms with Crippen LogP contribution in [0.2, 0.25) is 0 Å². The number of esters is 3. The van der Waals surface area contributed by atoms with Gasteiger partial charge >= 0.3 is 17.9 Å². The lowest BCUT2D eigenvalue weighted by Gasteiger charge is -2.18. The van der Waals surface area contributed by atoms with Gasteiger partial charge in [-0.05, 0) is 109 Å². The highest BCUT2D eigenvalue weighted by atomic mass is 16.6. The SMILES string of the molecule is CC/C=C\C/C=C\C/C=C\CCCCCC(=O)OC(COC(=O)CCCCCCC/C=C\C/C=C\CCC)COC(=O)CCCCCCCCCCCCCCCCCCCCC/C=C\C/C=C\CCCCCCC. The molecule has 0 N–H and O–H groups in total. The van der Waals surface area contributed by atoms with E-state index in [1.54, 1.807) is 0 Å². The van der Waals surface area contributed by atoms with Gasteiger partial charge in [0.1, 0.15) is 13.2 Å². The number of rotatable bonds is 58. The zero-order chi connectivity index (χ0) is 54.3. The van der Waals surface area contributed by atoms with Gasteiger partial charge < -0.3 is 14.2 Å². The third kappa shape index (κ3) is 61.3. The monoisotopic (exact) mass is 1040 g/mol. The molecule has 0 aliphatic rings. The normalized spacial score (nSPS) is 12.6. The molecule has 6 heteroatoms. The Morgan fingerprint density at radius 2 is 0.547 bits per heavy atom. The third-order valence-electron chi connectivity index (χ3n) is 13.8. The number of ether oxygens (including phenoxy) is 3. The van der Waals surface area contributed by atoms with Crippen LogP contribution in [0, 0.1) is 0 Å². The van der Waals surface area contributed by atoms with E-state index in [-0.39, 0.29) is 31.1 Å². The van der Waals surface area contributed by atoms with Gasteiger partial charge in [0.15, 0.2) is 6.10 Å². The first-order chi connectivity index (χ1) is 37.0. The maximum Gasteiger partial charge on any atom is 0.306 e. The van der Waals surface area contributed by atoms with Crippen molar-refractivity contribution >= 4 is 17.9 Å². The molecule has 432 valence electrons. The maximum absolute atomic E-state index is 12.8. The molecule has 0 aromatic heterocycles. The number of carbonyl (C=O) groups is 3. The topological polar surface area (TPSA) is 78.9 Å². The molecule has 0 bridgehead atoms. The summed E-state index contributed by atoms with van der Waals surface area (Å²) in [6.07, 6.45) is 83.3.